The highest BCUT2D eigenvalue weighted by Gasteiger charge is 2.61. The van der Waals surface area contributed by atoms with Gasteiger partial charge in [-0.05, 0) is 51.9 Å². The average Bonchev–Trinajstić information content (AvgIpc) is 2.98. The van der Waals surface area contributed by atoms with Crippen LogP contribution in [-0.2, 0) is 10.3 Å². The number of likely N-dealkylation sites (N-methyl/N-ethyl adjacent to an activating group) is 1. The number of nitrogens with zero attached hydrogens (tertiary/aromatic N) is 1. The number of fused-ring (bicyclic) bond motifs is 4. The third-order valence-corrected chi connectivity index (χ3v) is 5.38. The minimum atomic E-state index is -4.48. The van der Waals surface area contributed by atoms with Crippen LogP contribution < -0.4 is 10.2 Å². The molecule has 0 saturated heterocycles. The van der Waals surface area contributed by atoms with Crippen LogP contribution in [0.1, 0.15) is 22.7 Å². The van der Waals surface area contributed by atoms with Crippen molar-refractivity contribution in [3.05, 3.63) is 62.7 Å². The van der Waals surface area contributed by atoms with Crippen LogP contribution in [-0.4, -0.2) is 19.1 Å². The zero-order chi connectivity index (χ0) is 17.3. The predicted octanol–water partition coefficient (Wildman–Crippen LogP) is 3.72. The Morgan fingerprint density at radius 3 is 2.58 bits per heavy atom. The Morgan fingerprint density at radius 1 is 1.17 bits per heavy atom. The number of nitrogens with one attached hydrogen (secondary N) is 1. The molecule has 1 spiro atoms. The number of hydrogen-bond donors (Lipinski definition) is 1. The van der Waals surface area contributed by atoms with Crippen LogP contribution in [0.3, 0.4) is 0 Å². The topological polar surface area (TPSA) is 32.3 Å². The van der Waals surface area contributed by atoms with Crippen LogP contribution in [0.15, 0.2) is 42.5 Å². The van der Waals surface area contributed by atoms with Crippen molar-refractivity contribution >= 4 is 34.2 Å². The predicted molar refractivity (Wildman–Crippen MR) is 91.7 cm³/mol. The highest BCUT2D eigenvalue weighted by Crippen LogP contribution is 2.53. The van der Waals surface area contributed by atoms with Crippen molar-refractivity contribution in [2.45, 2.75) is 17.8 Å². The summed E-state index contributed by atoms with van der Waals surface area (Å²) in [5.41, 5.74) is 0.206. The van der Waals surface area contributed by atoms with Gasteiger partial charge in [0.1, 0.15) is 6.04 Å². The zero-order valence-corrected chi connectivity index (χ0v) is 14.6. The van der Waals surface area contributed by atoms with Crippen LogP contribution in [0.2, 0.25) is 0 Å². The van der Waals surface area contributed by atoms with E-state index in [1.165, 1.54) is 11.0 Å². The van der Waals surface area contributed by atoms with E-state index in [4.69, 9.17) is 0 Å². The first-order valence-corrected chi connectivity index (χ1v) is 8.36. The Labute approximate surface area is 150 Å². The van der Waals surface area contributed by atoms with E-state index in [1.807, 2.05) is 6.07 Å². The number of rotatable bonds is 0. The second kappa shape index (κ2) is 4.95. The first-order chi connectivity index (χ1) is 11.3. The van der Waals surface area contributed by atoms with Crippen LogP contribution in [0.25, 0.3) is 0 Å². The maximum atomic E-state index is 13.6. The van der Waals surface area contributed by atoms with Gasteiger partial charge in [-0.25, -0.2) is 0 Å². The number of hydrogen-bond acceptors (Lipinski definition) is 2. The Bertz CT molecular complexity index is 867. The van der Waals surface area contributed by atoms with Crippen LogP contribution >= 0.6 is 22.6 Å². The Hall–Kier alpha value is -1.61. The standard InChI is InChI=1S/C17H12F3IN2O/c1-23-13-7-6-9(21)8-12(13)16(15(23)24)11-5-3-2-4-10(11)14(22-16)17(18,19)20/h2-8,14,22H,1H3. The molecule has 0 saturated carbocycles. The molecule has 7 heteroatoms. The van der Waals surface area contributed by atoms with Gasteiger partial charge in [0, 0.05) is 21.9 Å². The van der Waals surface area contributed by atoms with Crippen molar-refractivity contribution in [1.29, 1.82) is 0 Å². The number of carbonyl (C=O) groups is 1. The van der Waals surface area contributed by atoms with E-state index >= 15 is 0 Å². The summed E-state index contributed by atoms with van der Waals surface area (Å²) in [6, 6.07) is 9.80. The smallest absolute Gasteiger partial charge is 0.313 e. The summed E-state index contributed by atoms with van der Waals surface area (Å²) in [7, 11) is 1.59. The van der Waals surface area contributed by atoms with E-state index in [-0.39, 0.29) is 5.56 Å². The van der Waals surface area contributed by atoms with E-state index < -0.39 is 23.7 Å². The fraction of sp³-hybridized carbons (Fsp3) is 0.235. The number of benzene rings is 2. The lowest BCUT2D eigenvalue weighted by molar-refractivity contribution is -0.159. The Kier molecular flexibility index (Phi) is 3.28. The summed E-state index contributed by atoms with van der Waals surface area (Å²) in [6.07, 6.45) is -4.48. The van der Waals surface area contributed by atoms with Gasteiger partial charge in [0.2, 0.25) is 0 Å². The molecule has 0 aliphatic carbocycles. The first kappa shape index (κ1) is 15.9. The van der Waals surface area contributed by atoms with Crippen LogP contribution in [0, 0.1) is 3.57 Å². The fourth-order valence-corrected chi connectivity index (χ4v) is 4.19. The zero-order valence-electron chi connectivity index (χ0n) is 12.5. The van der Waals surface area contributed by atoms with Gasteiger partial charge < -0.3 is 4.90 Å². The molecular weight excluding hydrogens is 432 g/mol. The lowest BCUT2D eigenvalue weighted by Gasteiger charge is -2.26. The van der Waals surface area contributed by atoms with Gasteiger partial charge in [0.15, 0.2) is 5.54 Å². The Balaban J connectivity index is 2.03. The van der Waals surface area contributed by atoms with Gasteiger partial charge in [0.05, 0.1) is 0 Å². The summed E-state index contributed by atoms with van der Waals surface area (Å²) >= 11 is 2.10. The van der Waals surface area contributed by atoms with E-state index in [0.717, 1.165) is 3.57 Å². The van der Waals surface area contributed by atoms with Gasteiger partial charge in [-0.2, -0.15) is 13.2 Å². The molecule has 2 aliphatic rings. The lowest BCUT2D eigenvalue weighted by Crippen LogP contribution is -2.49. The number of anilines is 1. The minimum absolute atomic E-state index is 0.110. The van der Waals surface area contributed by atoms with Gasteiger partial charge in [-0.3, -0.25) is 10.1 Å². The maximum Gasteiger partial charge on any atom is 0.407 e. The van der Waals surface area contributed by atoms with Gasteiger partial charge in [-0.15, -0.1) is 0 Å². The monoisotopic (exact) mass is 444 g/mol. The van der Waals surface area contributed by atoms with Crippen molar-refractivity contribution in [3.63, 3.8) is 0 Å². The van der Waals surface area contributed by atoms with Crippen molar-refractivity contribution in [2.24, 2.45) is 0 Å². The molecule has 0 radical (unpaired) electrons. The van der Waals surface area contributed by atoms with Gasteiger partial charge in [-0.1, -0.05) is 24.3 Å². The summed E-state index contributed by atoms with van der Waals surface area (Å²) in [5, 5.41) is 2.62. The number of halogens is 4. The minimum Gasteiger partial charge on any atom is -0.313 e. The van der Waals surface area contributed by atoms with E-state index in [1.54, 1.807) is 37.4 Å². The summed E-state index contributed by atoms with van der Waals surface area (Å²) < 4.78 is 41.6. The SMILES string of the molecule is CN1C(=O)C2(NC(C(F)(F)F)c3ccccc32)c2cc(I)ccc21. The lowest BCUT2D eigenvalue weighted by atomic mass is 9.84. The van der Waals surface area contributed by atoms with E-state index in [9.17, 15) is 18.0 Å². The molecule has 0 bridgehead atoms. The molecule has 2 aliphatic heterocycles. The molecule has 2 unspecified atom stereocenters. The third kappa shape index (κ3) is 1.91. The molecule has 3 nitrogen and oxygen atoms in total. The molecule has 1 amide bonds. The first-order valence-electron chi connectivity index (χ1n) is 7.29. The number of alkyl halides is 3. The molecule has 1 N–H and O–H groups in total. The molecule has 2 aromatic carbocycles. The third-order valence-electron chi connectivity index (χ3n) is 4.71. The van der Waals surface area contributed by atoms with Crippen LogP contribution in [0.4, 0.5) is 18.9 Å². The molecule has 24 heavy (non-hydrogen) atoms. The fourth-order valence-electron chi connectivity index (χ4n) is 3.70. The second-order valence-corrected chi connectivity index (χ2v) is 7.23. The summed E-state index contributed by atoms with van der Waals surface area (Å²) in [4.78, 5) is 14.5. The van der Waals surface area contributed by atoms with Crippen LogP contribution in [0.5, 0.6) is 0 Å². The normalized spacial score (nSPS) is 25.3. The second-order valence-electron chi connectivity index (χ2n) is 5.98. The van der Waals surface area contributed by atoms with Crippen molar-refractivity contribution in [2.75, 3.05) is 11.9 Å². The molecule has 0 fully saturated rings. The molecule has 2 atom stereocenters. The highest BCUT2D eigenvalue weighted by molar-refractivity contribution is 14.1. The van der Waals surface area contributed by atoms with Gasteiger partial charge in [0.25, 0.3) is 5.91 Å². The Morgan fingerprint density at radius 2 is 1.88 bits per heavy atom. The van der Waals surface area contributed by atoms with E-state index in [0.29, 0.717) is 16.8 Å². The largest absolute Gasteiger partial charge is 0.407 e. The quantitative estimate of drug-likeness (QED) is 0.629. The molecule has 0 aromatic heterocycles. The summed E-state index contributed by atoms with van der Waals surface area (Å²) in [5.74, 6) is -0.390. The number of carbonyl (C=O) groups excluding carboxylic acids is 1. The molecule has 2 heterocycles. The van der Waals surface area contributed by atoms with Crippen molar-refractivity contribution in [3.8, 4) is 0 Å². The maximum absolute atomic E-state index is 13.6. The van der Waals surface area contributed by atoms with Crippen molar-refractivity contribution in [1.82, 2.24) is 5.32 Å². The highest BCUT2D eigenvalue weighted by atomic mass is 127. The number of amides is 1. The summed E-state index contributed by atoms with van der Waals surface area (Å²) in [6.45, 7) is 0. The molecular formula is C17H12F3IN2O. The molecule has 2 aromatic rings. The average molecular weight is 444 g/mol. The molecule has 124 valence electrons. The molecule has 4 rings (SSSR count). The van der Waals surface area contributed by atoms with Crippen molar-refractivity contribution < 1.29 is 18.0 Å². The van der Waals surface area contributed by atoms with Gasteiger partial charge >= 0.3 is 6.18 Å². The van der Waals surface area contributed by atoms with E-state index in [2.05, 4.69) is 27.9 Å².